The van der Waals surface area contributed by atoms with Crippen molar-refractivity contribution in [2.24, 2.45) is 0 Å². The molecule has 0 aliphatic rings. The predicted molar refractivity (Wildman–Crippen MR) is 94.2 cm³/mol. The molecule has 6 heteroatoms. The van der Waals surface area contributed by atoms with Crippen LogP contribution in [0.1, 0.15) is 44.6 Å². The molecule has 2 N–H and O–H groups in total. The Kier molecular flexibility index (Phi) is 5.64. The summed E-state index contributed by atoms with van der Waals surface area (Å²) < 4.78 is 9.96. The van der Waals surface area contributed by atoms with Gasteiger partial charge in [0.1, 0.15) is 5.69 Å². The van der Waals surface area contributed by atoms with Gasteiger partial charge in [0.05, 0.1) is 13.7 Å². The van der Waals surface area contributed by atoms with Crippen LogP contribution in [0.3, 0.4) is 0 Å². The van der Waals surface area contributed by atoms with Crippen molar-refractivity contribution in [1.82, 2.24) is 4.98 Å². The zero-order valence-corrected chi connectivity index (χ0v) is 14.7. The quantitative estimate of drug-likeness (QED) is 0.477. The highest BCUT2D eigenvalue weighted by Gasteiger charge is 2.21. The molecule has 0 aliphatic carbocycles. The van der Waals surface area contributed by atoms with Gasteiger partial charge in [-0.1, -0.05) is 12.1 Å². The summed E-state index contributed by atoms with van der Waals surface area (Å²) in [5.74, 6) is -0.362. The number of H-pyrrole nitrogens is 1. The molecule has 2 rings (SSSR count). The Hall–Kier alpha value is -3.02. The first-order chi connectivity index (χ1) is 11.9. The van der Waals surface area contributed by atoms with E-state index in [-0.39, 0.29) is 23.8 Å². The third kappa shape index (κ3) is 3.91. The summed E-state index contributed by atoms with van der Waals surface area (Å²) in [6.07, 6.45) is 3.00. The van der Waals surface area contributed by atoms with Gasteiger partial charge in [0.25, 0.3) is 0 Å². The van der Waals surface area contributed by atoms with E-state index in [1.54, 1.807) is 39.0 Å². The molecule has 1 aromatic heterocycles. The van der Waals surface area contributed by atoms with Crippen molar-refractivity contribution in [1.29, 1.82) is 0 Å². The first-order valence-corrected chi connectivity index (χ1v) is 7.84. The van der Waals surface area contributed by atoms with Crippen LogP contribution >= 0.6 is 0 Å². The molecular weight excluding hydrogens is 322 g/mol. The number of methoxy groups -OCH3 is 1. The van der Waals surface area contributed by atoms with Gasteiger partial charge >= 0.3 is 5.97 Å². The van der Waals surface area contributed by atoms with Gasteiger partial charge in [-0.3, -0.25) is 4.79 Å². The zero-order chi connectivity index (χ0) is 18.6. The molecule has 0 bridgehead atoms. The van der Waals surface area contributed by atoms with Crippen molar-refractivity contribution in [3.8, 4) is 11.5 Å². The average Bonchev–Trinajstić information content (AvgIpc) is 2.87. The number of allylic oxidation sites excluding steroid dienone is 1. The van der Waals surface area contributed by atoms with Gasteiger partial charge in [0.2, 0.25) is 0 Å². The van der Waals surface area contributed by atoms with Crippen molar-refractivity contribution >= 4 is 17.8 Å². The summed E-state index contributed by atoms with van der Waals surface area (Å²) in [5.41, 5.74) is 2.55. The Balaban J connectivity index is 2.26. The summed E-state index contributed by atoms with van der Waals surface area (Å²) in [4.78, 5) is 27.3. The fraction of sp³-hybridized carbons (Fsp3) is 0.263. The number of hydrogen-bond acceptors (Lipinski definition) is 5. The molecule has 0 unspecified atom stereocenters. The lowest BCUT2D eigenvalue weighted by Crippen LogP contribution is -2.07. The molecule has 0 saturated carbocycles. The maximum absolute atomic E-state index is 12.5. The van der Waals surface area contributed by atoms with Crippen LogP contribution in [0.15, 0.2) is 24.3 Å². The van der Waals surface area contributed by atoms with E-state index in [0.29, 0.717) is 28.1 Å². The van der Waals surface area contributed by atoms with E-state index in [4.69, 9.17) is 9.47 Å². The van der Waals surface area contributed by atoms with Gasteiger partial charge < -0.3 is 19.6 Å². The van der Waals surface area contributed by atoms with E-state index in [1.807, 2.05) is 0 Å². The molecule has 2 aromatic rings. The zero-order valence-electron chi connectivity index (χ0n) is 14.7. The number of carbonyl (C=O) groups is 2. The van der Waals surface area contributed by atoms with Crippen LogP contribution in [0.5, 0.6) is 11.5 Å². The van der Waals surface area contributed by atoms with Gasteiger partial charge in [-0.15, -0.1) is 0 Å². The lowest BCUT2D eigenvalue weighted by Gasteiger charge is -2.03. The third-order valence-electron chi connectivity index (χ3n) is 3.79. The van der Waals surface area contributed by atoms with Crippen molar-refractivity contribution in [2.75, 3.05) is 13.7 Å². The van der Waals surface area contributed by atoms with Gasteiger partial charge in [0.15, 0.2) is 17.3 Å². The van der Waals surface area contributed by atoms with E-state index < -0.39 is 5.97 Å². The number of ether oxygens (including phenoxy) is 2. The number of ketones is 1. The fourth-order valence-corrected chi connectivity index (χ4v) is 2.59. The van der Waals surface area contributed by atoms with Crippen LogP contribution in [0.2, 0.25) is 0 Å². The number of benzene rings is 1. The monoisotopic (exact) mass is 343 g/mol. The smallest absolute Gasteiger partial charge is 0.355 e. The molecule has 0 aliphatic heterocycles. The van der Waals surface area contributed by atoms with Crippen molar-refractivity contribution in [3.05, 3.63) is 52.4 Å². The lowest BCUT2D eigenvalue weighted by molar-refractivity contribution is 0.0519. The first-order valence-electron chi connectivity index (χ1n) is 7.84. The first kappa shape index (κ1) is 18.3. The number of phenolic OH excluding ortho intramolecular Hbond substituents is 1. The molecule has 6 nitrogen and oxygen atoms in total. The molecule has 1 aromatic carbocycles. The number of aromatic amines is 1. The number of rotatable bonds is 6. The highest BCUT2D eigenvalue weighted by molar-refractivity contribution is 6.10. The molecular formula is C19H21NO5. The second-order valence-electron chi connectivity index (χ2n) is 5.47. The average molecular weight is 343 g/mol. The summed E-state index contributed by atoms with van der Waals surface area (Å²) in [5, 5.41) is 9.78. The molecule has 0 atom stereocenters. The van der Waals surface area contributed by atoms with Crippen LogP contribution in [0.4, 0.5) is 0 Å². The summed E-state index contributed by atoms with van der Waals surface area (Å²) in [6.45, 7) is 5.43. The van der Waals surface area contributed by atoms with Gasteiger partial charge in [-0.05, 0) is 50.1 Å². The molecule has 0 amide bonds. The minimum absolute atomic E-state index is 0.00398. The normalized spacial score (nSPS) is 10.9. The number of aryl methyl sites for hydroxylation is 1. The molecule has 25 heavy (non-hydrogen) atoms. The lowest BCUT2D eigenvalue weighted by atomic mass is 10.0. The topological polar surface area (TPSA) is 88.6 Å². The van der Waals surface area contributed by atoms with Gasteiger partial charge in [-0.2, -0.15) is 0 Å². The van der Waals surface area contributed by atoms with Crippen molar-refractivity contribution in [3.63, 3.8) is 0 Å². The number of phenols is 1. The molecule has 0 fully saturated rings. The minimum Gasteiger partial charge on any atom is -0.504 e. The summed E-state index contributed by atoms with van der Waals surface area (Å²) in [7, 11) is 1.46. The van der Waals surface area contributed by atoms with E-state index in [9.17, 15) is 14.7 Å². The van der Waals surface area contributed by atoms with E-state index in [2.05, 4.69) is 4.98 Å². The molecule has 0 radical (unpaired) electrons. The molecule has 0 saturated heterocycles. The summed E-state index contributed by atoms with van der Waals surface area (Å²) in [6, 6.07) is 4.85. The highest BCUT2D eigenvalue weighted by atomic mass is 16.5. The molecule has 1 heterocycles. The van der Waals surface area contributed by atoms with Crippen LogP contribution in [-0.4, -0.2) is 35.6 Å². The molecule has 0 spiro atoms. The van der Waals surface area contributed by atoms with Crippen molar-refractivity contribution < 1.29 is 24.2 Å². The second-order valence-corrected chi connectivity index (χ2v) is 5.47. The van der Waals surface area contributed by atoms with Crippen LogP contribution in [-0.2, 0) is 4.74 Å². The highest BCUT2D eigenvalue weighted by Crippen LogP contribution is 2.27. The number of hydrogen-bond donors (Lipinski definition) is 2. The van der Waals surface area contributed by atoms with Crippen molar-refractivity contribution in [2.45, 2.75) is 20.8 Å². The van der Waals surface area contributed by atoms with Crippen LogP contribution < -0.4 is 4.74 Å². The van der Waals surface area contributed by atoms with Crippen LogP contribution in [0, 0.1) is 13.8 Å². The fourth-order valence-electron chi connectivity index (χ4n) is 2.59. The largest absolute Gasteiger partial charge is 0.504 e. The Morgan fingerprint density at radius 3 is 2.60 bits per heavy atom. The minimum atomic E-state index is -0.480. The number of nitrogens with one attached hydrogen (secondary N) is 1. The Morgan fingerprint density at radius 2 is 2.00 bits per heavy atom. The Bertz CT molecular complexity index is 833. The maximum atomic E-state index is 12.5. The standard InChI is InChI=1S/C19H21NO5/c1-5-25-19(23)18-11(2)17(12(3)20-18)14(21)8-6-13-7-9-16(24-4)15(22)10-13/h6-10,20,22H,5H2,1-4H3/b8-6+. The van der Waals surface area contributed by atoms with Gasteiger partial charge in [0, 0.05) is 11.3 Å². The maximum Gasteiger partial charge on any atom is 0.355 e. The third-order valence-corrected chi connectivity index (χ3v) is 3.79. The summed E-state index contributed by atoms with van der Waals surface area (Å²) >= 11 is 0. The number of aromatic hydroxyl groups is 1. The van der Waals surface area contributed by atoms with E-state index in [1.165, 1.54) is 19.3 Å². The predicted octanol–water partition coefficient (Wildman–Crippen LogP) is 3.42. The number of esters is 1. The Labute approximate surface area is 146 Å². The second kappa shape index (κ2) is 7.70. The SMILES string of the molecule is CCOC(=O)c1[nH]c(C)c(C(=O)/C=C/c2ccc(OC)c(O)c2)c1C. The van der Waals surface area contributed by atoms with Gasteiger partial charge in [-0.25, -0.2) is 4.79 Å². The number of carbonyl (C=O) groups excluding carboxylic acids is 2. The van der Waals surface area contributed by atoms with E-state index >= 15 is 0 Å². The molecule has 132 valence electrons. The van der Waals surface area contributed by atoms with Crippen LogP contribution in [0.25, 0.3) is 6.08 Å². The van der Waals surface area contributed by atoms with E-state index in [0.717, 1.165) is 0 Å². The Morgan fingerprint density at radius 1 is 1.28 bits per heavy atom. The number of aromatic nitrogens is 1.